The van der Waals surface area contributed by atoms with E-state index in [0.29, 0.717) is 11.5 Å². The summed E-state index contributed by atoms with van der Waals surface area (Å²) in [6.45, 7) is 2.02. The molecule has 0 fully saturated rings. The second-order valence-electron chi connectivity index (χ2n) is 4.90. The summed E-state index contributed by atoms with van der Waals surface area (Å²) in [6.07, 6.45) is 3.64. The Bertz CT molecular complexity index is 826. The molecule has 2 heterocycles. The van der Waals surface area contributed by atoms with E-state index in [1.807, 2.05) is 47.9 Å². The number of carbonyl (C=O) groups is 1. The van der Waals surface area contributed by atoms with E-state index in [1.54, 1.807) is 6.20 Å². The Kier molecular flexibility index (Phi) is 3.84. The molecule has 0 aliphatic carbocycles. The Balaban J connectivity index is 1.97. The van der Waals surface area contributed by atoms with Crippen LogP contribution in [0.5, 0.6) is 0 Å². The van der Waals surface area contributed by atoms with Crippen LogP contribution >= 0.6 is 0 Å². The first-order valence-electron chi connectivity index (χ1n) is 6.88. The minimum Gasteiger partial charge on any atom is -0.375 e. The number of anilines is 1. The number of imidazole rings is 1. The number of aromatic nitrogens is 3. The number of carbonyl (C=O) groups excluding carboxylic acids is 1. The van der Waals surface area contributed by atoms with Gasteiger partial charge in [-0.1, -0.05) is 12.1 Å². The summed E-state index contributed by atoms with van der Waals surface area (Å²) in [5, 5.41) is 2.79. The predicted molar refractivity (Wildman–Crippen MR) is 83.7 cm³/mol. The Morgan fingerprint density at radius 3 is 3.00 bits per heavy atom. The van der Waals surface area contributed by atoms with Gasteiger partial charge in [-0.15, -0.1) is 0 Å². The van der Waals surface area contributed by atoms with Gasteiger partial charge in [-0.05, 0) is 25.1 Å². The average Bonchev–Trinajstić information content (AvgIpc) is 2.85. The molecule has 1 aromatic carbocycles. The number of benzene rings is 1. The molecule has 0 saturated carbocycles. The second-order valence-corrected chi connectivity index (χ2v) is 4.90. The van der Waals surface area contributed by atoms with Gasteiger partial charge in [0.15, 0.2) is 0 Å². The van der Waals surface area contributed by atoms with E-state index in [0.717, 1.165) is 17.0 Å². The summed E-state index contributed by atoms with van der Waals surface area (Å²) in [4.78, 5) is 20.4. The molecule has 22 heavy (non-hydrogen) atoms. The summed E-state index contributed by atoms with van der Waals surface area (Å²) in [7, 11) is 1.49. The van der Waals surface area contributed by atoms with Crippen LogP contribution in [0.3, 0.4) is 0 Å². The lowest BCUT2D eigenvalue weighted by molar-refractivity contribution is -0.119. The van der Waals surface area contributed by atoms with Crippen LogP contribution < -0.4 is 5.32 Å². The molecular formula is C16H16N4O2. The van der Waals surface area contributed by atoms with Crippen molar-refractivity contribution in [1.82, 2.24) is 14.4 Å². The number of hydrogen-bond acceptors (Lipinski definition) is 4. The van der Waals surface area contributed by atoms with E-state index >= 15 is 0 Å². The lowest BCUT2D eigenvalue weighted by Crippen LogP contribution is -2.16. The number of aryl methyl sites for hydroxylation is 1. The fourth-order valence-corrected chi connectivity index (χ4v) is 2.35. The highest BCUT2D eigenvalue weighted by atomic mass is 16.5. The third-order valence-corrected chi connectivity index (χ3v) is 3.34. The molecule has 3 rings (SSSR count). The van der Waals surface area contributed by atoms with Crippen molar-refractivity contribution < 1.29 is 9.53 Å². The van der Waals surface area contributed by atoms with E-state index in [2.05, 4.69) is 15.3 Å². The van der Waals surface area contributed by atoms with Crippen LogP contribution in [-0.4, -0.2) is 34.0 Å². The fraction of sp³-hybridized carbons (Fsp3) is 0.188. The Morgan fingerprint density at radius 1 is 1.36 bits per heavy atom. The largest absolute Gasteiger partial charge is 0.375 e. The van der Waals surface area contributed by atoms with Gasteiger partial charge < -0.3 is 10.1 Å². The highest BCUT2D eigenvalue weighted by Gasteiger charge is 2.11. The third kappa shape index (κ3) is 2.68. The maximum Gasteiger partial charge on any atom is 0.250 e. The minimum atomic E-state index is -0.187. The van der Waals surface area contributed by atoms with E-state index < -0.39 is 0 Å². The average molecular weight is 296 g/mol. The van der Waals surface area contributed by atoms with E-state index in [-0.39, 0.29) is 12.5 Å². The predicted octanol–water partition coefficient (Wildman–Crippen LogP) is 2.29. The van der Waals surface area contributed by atoms with Gasteiger partial charge in [0.25, 0.3) is 0 Å². The molecule has 0 atom stereocenters. The topological polar surface area (TPSA) is 68.5 Å². The number of ether oxygens (including phenoxy) is 1. The molecule has 112 valence electrons. The van der Waals surface area contributed by atoms with Crippen LogP contribution in [-0.2, 0) is 9.53 Å². The lowest BCUT2D eigenvalue weighted by Gasteiger charge is -2.06. The molecule has 0 aliphatic heterocycles. The molecule has 0 saturated heterocycles. The fourth-order valence-electron chi connectivity index (χ4n) is 2.35. The van der Waals surface area contributed by atoms with Crippen LogP contribution in [0.1, 0.15) is 5.69 Å². The van der Waals surface area contributed by atoms with Gasteiger partial charge in [0.05, 0.1) is 5.69 Å². The number of methoxy groups -OCH3 is 1. The SMILES string of the molecule is COCC(=O)Nc1cccc(-c2nc3ncccn3c2C)c1. The van der Waals surface area contributed by atoms with Gasteiger partial charge >= 0.3 is 0 Å². The Morgan fingerprint density at radius 2 is 2.23 bits per heavy atom. The van der Waals surface area contributed by atoms with Gasteiger partial charge in [0.1, 0.15) is 6.61 Å². The van der Waals surface area contributed by atoms with Crippen molar-refractivity contribution in [2.75, 3.05) is 19.0 Å². The van der Waals surface area contributed by atoms with Crippen molar-refractivity contribution >= 4 is 17.4 Å². The molecular weight excluding hydrogens is 280 g/mol. The molecule has 0 radical (unpaired) electrons. The minimum absolute atomic E-state index is 0.0293. The number of nitrogens with zero attached hydrogens (tertiary/aromatic N) is 3. The smallest absolute Gasteiger partial charge is 0.250 e. The monoisotopic (exact) mass is 296 g/mol. The normalized spacial score (nSPS) is 10.8. The van der Waals surface area contributed by atoms with Gasteiger partial charge in [-0.2, -0.15) is 0 Å². The summed E-state index contributed by atoms with van der Waals surface area (Å²) in [5.41, 5.74) is 3.49. The Labute approximate surface area is 127 Å². The molecule has 0 aliphatic rings. The van der Waals surface area contributed by atoms with Gasteiger partial charge in [0.2, 0.25) is 11.7 Å². The first-order valence-corrected chi connectivity index (χ1v) is 6.88. The van der Waals surface area contributed by atoms with Crippen LogP contribution in [0.2, 0.25) is 0 Å². The molecule has 3 aromatic rings. The maximum atomic E-state index is 11.6. The molecule has 6 heteroatoms. The highest BCUT2D eigenvalue weighted by molar-refractivity contribution is 5.92. The lowest BCUT2D eigenvalue weighted by atomic mass is 10.1. The van der Waals surface area contributed by atoms with Crippen molar-refractivity contribution in [3.63, 3.8) is 0 Å². The zero-order valence-corrected chi connectivity index (χ0v) is 12.4. The first kappa shape index (κ1) is 14.2. The standard InChI is InChI=1S/C16H16N4O2/c1-11-15(19-16-17-7-4-8-20(11)16)12-5-3-6-13(9-12)18-14(21)10-22-2/h3-9H,10H2,1-2H3,(H,18,21). The highest BCUT2D eigenvalue weighted by Crippen LogP contribution is 2.25. The summed E-state index contributed by atoms with van der Waals surface area (Å²) < 4.78 is 6.75. The van der Waals surface area contributed by atoms with E-state index in [9.17, 15) is 4.79 Å². The van der Waals surface area contributed by atoms with Crippen molar-refractivity contribution in [3.8, 4) is 11.3 Å². The molecule has 0 bridgehead atoms. The molecule has 0 unspecified atom stereocenters. The van der Waals surface area contributed by atoms with Crippen molar-refractivity contribution in [2.24, 2.45) is 0 Å². The summed E-state index contributed by atoms with van der Waals surface area (Å²) in [5.74, 6) is 0.469. The maximum absolute atomic E-state index is 11.6. The van der Waals surface area contributed by atoms with Crippen LogP contribution in [0.25, 0.3) is 17.0 Å². The molecule has 1 N–H and O–H groups in total. The summed E-state index contributed by atoms with van der Waals surface area (Å²) >= 11 is 0. The summed E-state index contributed by atoms with van der Waals surface area (Å²) in [6, 6.07) is 9.44. The molecule has 1 amide bonds. The van der Waals surface area contributed by atoms with Gasteiger partial charge in [-0.25, -0.2) is 9.97 Å². The van der Waals surface area contributed by atoms with Crippen molar-refractivity contribution in [2.45, 2.75) is 6.92 Å². The number of fused-ring (bicyclic) bond motifs is 1. The van der Waals surface area contributed by atoms with E-state index in [1.165, 1.54) is 7.11 Å². The molecule has 6 nitrogen and oxygen atoms in total. The van der Waals surface area contributed by atoms with Crippen LogP contribution in [0.4, 0.5) is 5.69 Å². The zero-order chi connectivity index (χ0) is 15.5. The van der Waals surface area contributed by atoms with Crippen LogP contribution in [0.15, 0.2) is 42.7 Å². The van der Waals surface area contributed by atoms with Crippen LogP contribution in [0, 0.1) is 6.92 Å². The zero-order valence-electron chi connectivity index (χ0n) is 12.4. The number of hydrogen-bond donors (Lipinski definition) is 1. The van der Waals surface area contributed by atoms with Gasteiger partial charge in [0, 0.05) is 36.4 Å². The Hall–Kier alpha value is -2.73. The van der Waals surface area contributed by atoms with Crippen molar-refractivity contribution in [3.05, 3.63) is 48.4 Å². The van der Waals surface area contributed by atoms with E-state index in [4.69, 9.17) is 4.74 Å². The van der Waals surface area contributed by atoms with Crippen molar-refractivity contribution in [1.29, 1.82) is 0 Å². The third-order valence-electron chi connectivity index (χ3n) is 3.34. The number of amides is 1. The number of nitrogens with one attached hydrogen (secondary N) is 1. The molecule has 0 spiro atoms. The first-order chi connectivity index (χ1) is 10.7. The second kappa shape index (κ2) is 5.95. The quantitative estimate of drug-likeness (QED) is 0.802. The molecule has 2 aromatic heterocycles. The van der Waals surface area contributed by atoms with Gasteiger partial charge in [-0.3, -0.25) is 9.20 Å². The number of rotatable bonds is 4.